The lowest BCUT2D eigenvalue weighted by Gasteiger charge is -2.24. The van der Waals surface area contributed by atoms with Gasteiger partial charge in [-0.05, 0) is 62.3 Å². The highest BCUT2D eigenvalue weighted by Gasteiger charge is 2.31. The number of esters is 1. The Hall–Kier alpha value is -2.64. The fraction of sp³-hybridized carbons (Fsp3) is 0.440. The average molecular weight is 454 g/mol. The molecule has 168 valence electrons. The number of aryl methyl sites for hydroxylation is 1. The van der Waals surface area contributed by atoms with E-state index in [0.717, 1.165) is 41.0 Å². The number of thiophene rings is 1. The summed E-state index contributed by atoms with van der Waals surface area (Å²) in [4.78, 5) is 27.7. The van der Waals surface area contributed by atoms with Crippen molar-refractivity contribution in [2.45, 2.75) is 51.7 Å². The Bertz CT molecular complexity index is 1270. The number of carbonyl (C=O) groups is 1. The lowest BCUT2D eigenvalue weighted by atomic mass is 9.88. The van der Waals surface area contributed by atoms with Crippen molar-refractivity contribution in [1.82, 2.24) is 4.57 Å². The number of benzene rings is 1. The first-order valence-electron chi connectivity index (χ1n) is 11.2. The van der Waals surface area contributed by atoms with Gasteiger partial charge in [0.05, 0.1) is 30.7 Å². The molecule has 0 amide bonds. The third kappa shape index (κ3) is 3.35. The predicted octanol–water partition coefficient (Wildman–Crippen LogP) is 4.87. The third-order valence-electron chi connectivity index (χ3n) is 6.57. The normalized spacial score (nSPS) is 20.2. The van der Waals surface area contributed by atoms with Gasteiger partial charge >= 0.3 is 5.97 Å². The Balaban J connectivity index is 1.73. The molecule has 0 unspecified atom stereocenters. The molecule has 3 aromatic rings. The lowest BCUT2D eigenvalue weighted by molar-refractivity contribution is 0.0524. The van der Waals surface area contributed by atoms with Crippen LogP contribution in [0, 0.1) is 5.92 Å². The number of nitrogens with zero attached hydrogens (tertiary/aromatic N) is 1. The molecule has 1 saturated carbocycles. The summed E-state index contributed by atoms with van der Waals surface area (Å²) in [6.07, 6.45) is 5.10. The smallest absolute Gasteiger partial charge is 0.343 e. The number of rotatable bonds is 5. The number of methoxy groups -OCH3 is 1. The van der Waals surface area contributed by atoms with Crippen LogP contribution in [-0.2, 0) is 11.2 Å². The van der Waals surface area contributed by atoms with Gasteiger partial charge in [0.25, 0.3) is 0 Å². The molecular formula is C25H27NO5S. The summed E-state index contributed by atoms with van der Waals surface area (Å²) in [5.74, 6) is 0.280. The van der Waals surface area contributed by atoms with Crippen molar-refractivity contribution in [3.63, 3.8) is 0 Å². The molecule has 1 fully saturated rings. The maximum atomic E-state index is 13.2. The summed E-state index contributed by atoms with van der Waals surface area (Å²) in [5.41, 5.74) is 2.53. The molecule has 0 bridgehead atoms. The molecule has 0 radical (unpaired) electrons. The number of carbonyl (C=O) groups excluding carboxylic acids is 1. The van der Waals surface area contributed by atoms with Crippen molar-refractivity contribution in [1.29, 1.82) is 0 Å². The zero-order chi connectivity index (χ0) is 22.6. The molecule has 0 aliphatic heterocycles. The van der Waals surface area contributed by atoms with Crippen molar-refractivity contribution >= 4 is 28.2 Å². The average Bonchev–Trinajstić information content (AvgIpc) is 3.54. The van der Waals surface area contributed by atoms with E-state index in [9.17, 15) is 14.7 Å². The molecule has 2 heterocycles. The highest BCUT2D eigenvalue weighted by atomic mass is 32.1. The predicted molar refractivity (Wildman–Crippen MR) is 125 cm³/mol. The number of pyridine rings is 1. The third-order valence-corrected chi connectivity index (χ3v) is 7.85. The summed E-state index contributed by atoms with van der Waals surface area (Å²) < 4.78 is 13.0. The molecule has 32 heavy (non-hydrogen) atoms. The number of fused-ring (bicyclic) bond motifs is 2. The molecule has 2 atom stereocenters. The maximum Gasteiger partial charge on any atom is 0.343 e. The molecule has 5 rings (SSSR count). The van der Waals surface area contributed by atoms with Gasteiger partial charge < -0.3 is 19.1 Å². The monoisotopic (exact) mass is 453 g/mol. The van der Waals surface area contributed by atoms with E-state index >= 15 is 0 Å². The second-order valence-corrected chi connectivity index (χ2v) is 9.82. The van der Waals surface area contributed by atoms with Gasteiger partial charge in [-0.15, -0.1) is 11.3 Å². The van der Waals surface area contributed by atoms with Crippen LogP contribution < -0.4 is 10.2 Å². The summed E-state index contributed by atoms with van der Waals surface area (Å²) >= 11 is 1.60. The van der Waals surface area contributed by atoms with E-state index in [2.05, 4.69) is 13.0 Å². The van der Waals surface area contributed by atoms with Crippen molar-refractivity contribution in [2.24, 2.45) is 5.92 Å². The second-order valence-electron chi connectivity index (χ2n) is 8.73. The molecule has 0 spiro atoms. The van der Waals surface area contributed by atoms with E-state index in [1.807, 2.05) is 10.6 Å². The number of aromatic nitrogens is 1. The van der Waals surface area contributed by atoms with Crippen LogP contribution in [0.2, 0.25) is 0 Å². The Kier molecular flexibility index (Phi) is 5.34. The number of aliphatic hydroxyl groups excluding tert-OH is 1. The van der Waals surface area contributed by atoms with Crippen LogP contribution in [0.15, 0.2) is 29.2 Å². The molecule has 6 nitrogen and oxygen atoms in total. The minimum absolute atomic E-state index is 0.0600. The van der Waals surface area contributed by atoms with Gasteiger partial charge in [0.1, 0.15) is 5.56 Å². The minimum atomic E-state index is -0.592. The number of ether oxygens (including phenoxy) is 2. The topological polar surface area (TPSA) is 77.8 Å². The summed E-state index contributed by atoms with van der Waals surface area (Å²) in [6.45, 7) is 4.03. The fourth-order valence-corrected chi connectivity index (χ4v) is 5.99. The van der Waals surface area contributed by atoms with Crippen molar-refractivity contribution in [2.75, 3.05) is 13.7 Å². The zero-order valence-electron chi connectivity index (χ0n) is 18.5. The van der Waals surface area contributed by atoms with Gasteiger partial charge in [0, 0.05) is 27.6 Å². The van der Waals surface area contributed by atoms with E-state index in [0.29, 0.717) is 16.7 Å². The molecular weight excluding hydrogens is 426 g/mol. The highest BCUT2D eigenvalue weighted by molar-refractivity contribution is 7.15. The first-order valence-corrected chi connectivity index (χ1v) is 12.0. The Morgan fingerprint density at radius 2 is 2.06 bits per heavy atom. The van der Waals surface area contributed by atoms with Gasteiger partial charge in [-0.3, -0.25) is 4.79 Å². The van der Waals surface area contributed by atoms with E-state index in [1.54, 1.807) is 37.6 Å². The molecule has 1 N–H and O–H groups in total. The van der Waals surface area contributed by atoms with Gasteiger partial charge in [-0.25, -0.2) is 4.79 Å². The molecule has 2 aromatic heterocycles. The fourth-order valence-electron chi connectivity index (χ4n) is 4.63. The van der Waals surface area contributed by atoms with Crippen LogP contribution in [-0.4, -0.2) is 29.4 Å². The van der Waals surface area contributed by atoms with E-state index < -0.39 is 12.1 Å². The summed E-state index contributed by atoms with van der Waals surface area (Å²) in [5, 5.41) is 11.1. The largest absolute Gasteiger partial charge is 0.494 e. The molecule has 2 aliphatic carbocycles. The minimum Gasteiger partial charge on any atom is -0.494 e. The van der Waals surface area contributed by atoms with Gasteiger partial charge in [-0.2, -0.15) is 0 Å². The van der Waals surface area contributed by atoms with Gasteiger partial charge in [-0.1, -0.05) is 6.92 Å². The van der Waals surface area contributed by atoms with Gasteiger partial charge in [0.15, 0.2) is 5.75 Å². The molecule has 1 aromatic carbocycles. The molecule has 7 heteroatoms. The van der Waals surface area contributed by atoms with Crippen LogP contribution in [0.3, 0.4) is 0 Å². The SMILES string of the molecule is CCOC(=O)c1cn(C2CC2)c2c(OC)c(-c3cc4c(s3)[C@H](O)[C@@H](C)CC4)ccc2c1=O. The number of aliphatic hydroxyl groups is 1. The number of hydrogen-bond acceptors (Lipinski definition) is 6. The summed E-state index contributed by atoms with van der Waals surface area (Å²) in [6, 6.07) is 6.05. The van der Waals surface area contributed by atoms with Crippen LogP contribution >= 0.6 is 11.3 Å². The number of hydrogen-bond donors (Lipinski definition) is 1. The van der Waals surface area contributed by atoms with E-state index in [-0.39, 0.29) is 29.6 Å². The van der Waals surface area contributed by atoms with Crippen LogP contribution in [0.25, 0.3) is 21.3 Å². The Morgan fingerprint density at radius 1 is 1.28 bits per heavy atom. The van der Waals surface area contributed by atoms with E-state index in [4.69, 9.17) is 9.47 Å². The van der Waals surface area contributed by atoms with Crippen LogP contribution in [0.5, 0.6) is 5.75 Å². The quantitative estimate of drug-likeness (QED) is 0.558. The Morgan fingerprint density at radius 3 is 2.75 bits per heavy atom. The molecule has 2 aliphatic rings. The van der Waals surface area contributed by atoms with E-state index in [1.165, 1.54) is 5.56 Å². The summed E-state index contributed by atoms with van der Waals surface area (Å²) in [7, 11) is 1.61. The van der Waals surface area contributed by atoms with Crippen LogP contribution in [0.1, 0.15) is 66.1 Å². The maximum absolute atomic E-state index is 13.2. The van der Waals surface area contributed by atoms with Crippen LogP contribution in [0.4, 0.5) is 0 Å². The first-order chi connectivity index (χ1) is 15.4. The zero-order valence-corrected chi connectivity index (χ0v) is 19.3. The van der Waals surface area contributed by atoms with Crippen molar-refractivity contribution in [3.8, 4) is 16.2 Å². The van der Waals surface area contributed by atoms with Crippen molar-refractivity contribution < 1.29 is 19.4 Å². The highest BCUT2D eigenvalue weighted by Crippen LogP contribution is 2.47. The van der Waals surface area contributed by atoms with Gasteiger partial charge in [0.2, 0.25) is 5.43 Å². The Labute approximate surface area is 190 Å². The second kappa shape index (κ2) is 8.05. The van der Waals surface area contributed by atoms with Crippen molar-refractivity contribution in [3.05, 3.63) is 50.6 Å². The molecule has 0 saturated heterocycles. The lowest BCUT2D eigenvalue weighted by Crippen LogP contribution is -2.21. The standard InChI is InChI=1S/C25H27NO5S/c1-4-31-25(29)18-12-26(15-7-8-15)20-17(22(18)28)10-9-16(23(20)30-3)19-11-14-6-5-13(2)21(27)24(14)32-19/h9-13,15,21,27H,4-8H2,1-3H3/t13-,21+/m0/s1. The first kappa shape index (κ1) is 21.2.